The second-order valence-corrected chi connectivity index (χ2v) is 5.37. The number of anilines is 2. The molecule has 0 saturated carbocycles. The van der Waals surface area contributed by atoms with E-state index in [-0.39, 0.29) is 0 Å². The van der Waals surface area contributed by atoms with E-state index in [0.717, 1.165) is 16.9 Å². The summed E-state index contributed by atoms with van der Waals surface area (Å²) >= 11 is 0. The van der Waals surface area contributed by atoms with E-state index in [2.05, 4.69) is 91.6 Å². The molecule has 0 unspecified atom stereocenters. The first-order valence-corrected chi connectivity index (χ1v) is 7.42. The van der Waals surface area contributed by atoms with Gasteiger partial charge in [0.1, 0.15) is 0 Å². The predicted molar refractivity (Wildman–Crippen MR) is 96.4 cm³/mol. The Kier molecular flexibility index (Phi) is 4.06. The van der Waals surface area contributed by atoms with E-state index in [0.29, 0.717) is 0 Å². The van der Waals surface area contributed by atoms with Crippen LogP contribution in [0.5, 0.6) is 0 Å². The van der Waals surface area contributed by atoms with E-state index >= 15 is 0 Å². The van der Waals surface area contributed by atoms with E-state index in [1.54, 1.807) is 0 Å². The van der Waals surface area contributed by atoms with E-state index in [1.807, 2.05) is 6.08 Å². The van der Waals surface area contributed by atoms with Crippen molar-refractivity contribution in [1.29, 1.82) is 0 Å². The van der Waals surface area contributed by atoms with E-state index < -0.39 is 0 Å². The van der Waals surface area contributed by atoms with Crippen LogP contribution in [-0.4, -0.2) is 0 Å². The van der Waals surface area contributed by atoms with Crippen LogP contribution in [0.3, 0.4) is 0 Å². The van der Waals surface area contributed by atoms with Crippen LogP contribution in [0, 0.1) is 6.92 Å². The van der Waals surface area contributed by atoms with Crippen LogP contribution in [0.1, 0.15) is 11.1 Å². The molecule has 1 heteroatoms. The van der Waals surface area contributed by atoms with Gasteiger partial charge in [-0.3, -0.25) is 0 Å². The van der Waals surface area contributed by atoms with Crippen LogP contribution in [0.2, 0.25) is 0 Å². The molecule has 0 amide bonds. The third kappa shape index (κ3) is 3.09. The number of nitrogens with one attached hydrogen (secondary N) is 1. The topological polar surface area (TPSA) is 12.0 Å². The van der Waals surface area contributed by atoms with Crippen molar-refractivity contribution in [2.75, 3.05) is 5.32 Å². The standard InChI is InChI=1S/C21H19N/c1-3-17-11-13-19(14-12-17)22-21-10-5-4-9-20(21)18-8-6-7-16(2)15-18/h3-15,22H,1H2,2H3. The fraction of sp³-hybridized carbons (Fsp3) is 0.0476. The number of rotatable bonds is 4. The third-order valence-corrected chi connectivity index (χ3v) is 3.68. The summed E-state index contributed by atoms with van der Waals surface area (Å²) in [5.41, 5.74) is 7.01. The first kappa shape index (κ1) is 14.2. The second kappa shape index (κ2) is 6.31. The summed E-state index contributed by atoms with van der Waals surface area (Å²) < 4.78 is 0. The molecule has 1 nitrogen and oxygen atoms in total. The first-order chi connectivity index (χ1) is 10.8. The molecule has 0 radical (unpaired) electrons. The van der Waals surface area contributed by atoms with Crippen LogP contribution in [0.15, 0.2) is 79.4 Å². The molecule has 0 spiro atoms. The smallest absolute Gasteiger partial charge is 0.0463 e. The molecule has 3 aromatic carbocycles. The lowest BCUT2D eigenvalue weighted by molar-refractivity contribution is 1.46. The zero-order valence-electron chi connectivity index (χ0n) is 12.7. The fourth-order valence-electron chi connectivity index (χ4n) is 2.51. The molecule has 108 valence electrons. The number of hydrogen-bond donors (Lipinski definition) is 1. The number of para-hydroxylation sites is 1. The van der Waals surface area contributed by atoms with Gasteiger partial charge < -0.3 is 5.32 Å². The summed E-state index contributed by atoms with van der Waals surface area (Å²) in [6.45, 7) is 5.90. The molecule has 0 aliphatic carbocycles. The monoisotopic (exact) mass is 285 g/mol. The van der Waals surface area contributed by atoms with Crippen LogP contribution in [0.4, 0.5) is 11.4 Å². The minimum Gasteiger partial charge on any atom is -0.355 e. The van der Waals surface area contributed by atoms with Gasteiger partial charge in [-0.2, -0.15) is 0 Å². The van der Waals surface area contributed by atoms with Crippen molar-refractivity contribution in [1.82, 2.24) is 0 Å². The van der Waals surface area contributed by atoms with Gasteiger partial charge >= 0.3 is 0 Å². The molecule has 22 heavy (non-hydrogen) atoms. The van der Waals surface area contributed by atoms with Gasteiger partial charge in [-0.25, -0.2) is 0 Å². The lowest BCUT2D eigenvalue weighted by Crippen LogP contribution is -1.93. The molecule has 0 aromatic heterocycles. The van der Waals surface area contributed by atoms with Gasteiger partial charge in [-0.05, 0) is 36.2 Å². The second-order valence-electron chi connectivity index (χ2n) is 5.37. The Morgan fingerprint density at radius 3 is 2.36 bits per heavy atom. The highest BCUT2D eigenvalue weighted by atomic mass is 14.9. The predicted octanol–water partition coefficient (Wildman–Crippen LogP) is 6.05. The van der Waals surface area contributed by atoms with Crippen molar-refractivity contribution in [3.8, 4) is 11.1 Å². The van der Waals surface area contributed by atoms with Crippen LogP contribution < -0.4 is 5.32 Å². The van der Waals surface area contributed by atoms with Gasteiger partial charge in [0.15, 0.2) is 0 Å². The Bertz CT molecular complexity index is 785. The third-order valence-electron chi connectivity index (χ3n) is 3.68. The molecule has 3 rings (SSSR count). The maximum atomic E-state index is 3.79. The van der Waals surface area contributed by atoms with Gasteiger partial charge in [0, 0.05) is 16.9 Å². The molecule has 3 aromatic rings. The van der Waals surface area contributed by atoms with E-state index in [4.69, 9.17) is 0 Å². The van der Waals surface area contributed by atoms with Crippen LogP contribution in [0.25, 0.3) is 17.2 Å². The molecule has 0 fully saturated rings. The fourth-order valence-corrected chi connectivity index (χ4v) is 2.51. The van der Waals surface area contributed by atoms with Crippen molar-refractivity contribution in [2.24, 2.45) is 0 Å². The molecule has 0 aliphatic rings. The van der Waals surface area contributed by atoms with Crippen LogP contribution >= 0.6 is 0 Å². The Balaban J connectivity index is 1.95. The zero-order chi connectivity index (χ0) is 15.4. The highest BCUT2D eigenvalue weighted by Crippen LogP contribution is 2.30. The normalized spacial score (nSPS) is 10.2. The molecular formula is C21H19N. The van der Waals surface area contributed by atoms with Crippen molar-refractivity contribution in [2.45, 2.75) is 6.92 Å². The lowest BCUT2D eigenvalue weighted by Gasteiger charge is -2.13. The van der Waals surface area contributed by atoms with Crippen molar-refractivity contribution >= 4 is 17.5 Å². The summed E-state index contributed by atoms with van der Waals surface area (Å²) in [7, 11) is 0. The Hall–Kier alpha value is -2.80. The average Bonchev–Trinajstić information content (AvgIpc) is 2.56. The number of benzene rings is 3. The summed E-state index contributed by atoms with van der Waals surface area (Å²) in [6.07, 6.45) is 1.85. The highest BCUT2D eigenvalue weighted by molar-refractivity contribution is 5.81. The summed E-state index contributed by atoms with van der Waals surface area (Å²) in [6, 6.07) is 25.2. The molecule has 0 atom stereocenters. The Labute approximate surface area is 132 Å². The maximum absolute atomic E-state index is 3.79. The Morgan fingerprint density at radius 2 is 1.64 bits per heavy atom. The molecule has 0 aliphatic heterocycles. The highest BCUT2D eigenvalue weighted by Gasteiger charge is 2.05. The largest absolute Gasteiger partial charge is 0.355 e. The van der Waals surface area contributed by atoms with Crippen LogP contribution in [-0.2, 0) is 0 Å². The number of aryl methyl sites for hydroxylation is 1. The number of hydrogen-bond acceptors (Lipinski definition) is 1. The summed E-state index contributed by atoms with van der Waals surface area (Å²) in [5.74, 6) is 0. The van der Waals surface area contributed by atoms with Crippen molar-refractivity contribution in [3.05, 3.63) is 90.5 Å². The van der Waals surface area contributed by atoms with Crippen molar-refractivity contribution in [3.63, 3.8) is 0 Å². The summed E-state index contributed by atoms with van der Waals surface area (Å²) in [5, 5.41) is 3.51. The van der Waals surface area contributed by atoms with Crippen molar-refractivity contribution < 1.29 is 0 Å². The minimum absolute atomic E-state index is 1.07. The zero-order valence-corrected chi connectivity index (χ0v) is 12.7. The average molecular weight is 285 g/mol. The quantitative estimate of drug-likeness (QED) is 0.615. The van der Waals surface area contributed by atoms with E-state index in [1.165, 1.54) is 16.7 Å². The summed E-state index contributed by atoms with van der Waals surface area (Å²) in [4.78, 5) is 0. The minimum atomic E-state index is 1.07. The molecule has 0 heterocycles. The SMILES string of the molecule is C=Cc1ccc(Nc2ccccc2-c2cccc(C)c2)cc1. The molecular weight excluding hydrogens is 266 g/mol. The molecule has 0 bridgehead atoms. The van der Waals surface area contributed by atoms with Gasteiger partial charge in [0.25, 0.3) is 0 Å². The molecule has 1 N–H and O–H groups in total. The van der Waals surface area contributed by atoms with E-state index in [9.17, 15) is 0 Å². The van der Waals surface area contributed by atoms with Gasteiger partial charge in [0.05, 0.1) is 0 Å². The van der Waals surface area contributed by atoms with Gasteiger partial charge in [0.2, 0.25) is 0 Å². The maximum Gasteiger partial charge on any atom is 0.0463 e. The lowest BCUT2D eigenvalue weighted by atomic mass is 10.0. The van der Waals surface area contributed by atoms with Gasteiger partial charge in [-0.15, -0.1) is 0 Å². The first-order valence-electron chi connectivity index (χ1n) is 7.42. The Morgan fingerprint density at radius 1 is 0.864 bits per heavy atom. The molecule has 0 saturated heterocycles. The van der Waals surface area contributed by atoms with Gasteiger partial charge in [-0.1, -0.05) is 72.8 Å².